The van der Waals surface area contributed by atoms with Crippen LogP contribution in [0.5, 0.6) is 5.75 Å². The van der Waals surface area contributed by atoms with Crippen LogP contribution in [0.4, 0.5) is 0 Å². The molecule has 2 heterocycles. The van der Waals surface area contributed by atoms with Crippen LogP contribution in [0.25, 0.3) is 0 Å². The van der Waals surface area contributed by atoms with Gasteiger partial charge in [0, 0.05) is 19.2 Å². The zero-order valence-electron chi connectivity index (χ0n) is 16.4. The van der Waals surface area contributed by atoms with Crippen molar-refractivity contribution < 1.29 is 9.53 Å². The van der Waals surface area contributed by atoms with Gasteiger partial charge in [-0.15, -0.1) is 11.3 Å². The van der Waals surface area contributed by atoms with E-state index in [1.54, 1.807) is 6.20 Å². The molecule has 0 atom stereocenters. The summed E-state index contributed by atoms with van der Waals surface area (Å²) in [5, 5.41) is 4.00. The smallest absolute Gasteiger partial charge is 0.263 e. The fraction of sp³-hybridized carbons (Fsp3) is 0.318. The van der Waals surface area contributed by atoms with Crippen molar-refractivity contribution in [2.24, 2.45) is 5.92 Å². The summed E-state index contributed by atoms with van der Waals surface area (Å²) in [5.41, 5.74) is 2.65. The van der Waals surface area contributed by atoms with E-state index in [0.29, 0.717) is 23.9 Å². The minimum atomic E-state index is -0.0789. The van der Waals surface area contributed by atoms with Gasteiger partial charge < -0.3 is 10.1 Å². The molecule has 0 spiro atoms. The van der Waals surface area contributed by atoms with Crippen molar-refractivity contribution in [1.82, 2.24) is 15.3 Å². The molecule has 0 unspecified atom stereocenters. The number of aromatic nitrogens is 2. The first kappa shape index (κ1) is 20.0. The molecule has 0 bridgehead atoms. The first-order valence-electron chi connectivity index (χ1n) is 9.37. The van der Waals surface area contributed by atoms with Crippen molar-refractivity contribution in [2.45, 2.75) is 40.3 Å². The number of hydrogen-bond donors (Lipinski definition) is 1. The molecular formula is C22H25N3O2S. The molecule has 3 rings (SSSR count). The van der Waals surface area contributed by atoms with Crippen molar-refractivity contribution in [1.29, 1.82) is 0 Å². The summed E-state index contributed by atoms with van der Waals surface area (Å²) in [7, 11) is 0. The van der Waals surface area contributed by atoms with Crippen molar-refractivity contribution in [3.63, 3.8) is 0 Å². The first-order valence-corrected chi connectivity index (χ1v) is 10.2. The van der Waals surface area contributed by atoms with Crippen molar-refractivity contribution in [3.8, 4) is 5.75 Å². The highest BCUT2D eigenvalue weighted by Gasteiger charge is 2.15. The molecule has 0 fully saturated rings. The number of hydrogen-bond acceptors (Lipinski definition) is 5. The Morgan fingerprint density at radius 1 is 1.21 bits per heavy atom. The quantitative estimate of drug-likeness (QED) is 0.607. The topological polar surface area (TPSA) is 64.1 Å². The average molecular weight is 396 g/mol. The number of thiazole rings is 1. The number of carbonyl (C=O) groups is 1. The fourth-order valence-electron chi connectivity index (χ4n) is 2.75. The van der Waals surface area contributed by atoms with Gasteiger partial charge in [0.25, 0.3) is 5.91 Å². The monoisotopic (exact) mass is 395 g/mol. The van der Waals surface area contributed by atoms with Crippen LogP contribution in [0.2, 0.25) is 0 Å². The van der Waals surface area contributed by atoms with E-state index in [1.807, 2.05) is 49.4 Å². The Bertz CT molecular complexity index is 923. The normalized spacial score (nSPS) is 10.9. The van der Waals surface area contributed by atoms with E-state index in [4.69, 9.17) is 4.74 Å². The van der Waals surface area contributed by atoms with E-state index in [2.05, 4.69) is 29.1 Å². The molecule has 0 saturated heterocycles. The minimum Gasteiger partial charge on any atom is -0.487 e. The third-order valence-electron chi connectivity index (χ3n) is 4.09. The minimum absolute atomic E-state index is 0.0789. The lowest BCUT2D eigenvalue weighted by molar-refractivity contribution is 0.0954. The zero-order valence-corrected chi connectivity index (χ0v) is 17.3. The SMILES string of the molecule is Cc1nc(CC(C)C)sc1C(=O)NCc1cccc(OCc2ccccn2)c1. The van der Waals surface area contributed by atoms with E-state index in [-0.39, 0.29) is 5.91 Å². The lowest BCUT2D eigenvalue weighted by atomic mass is 10.1. The predicted octanol–water partition coefficient (Wildman–Crippen LogP) is 4.55. The molecule has 3 aromatic rings. The summed E-state index contributed by atoms with van der Waals surface area (Å²) in [6, 6.07) is 13.5. The largest absolute Gasteiger partial charge is 0.487 e. The zero-order chi connectivity index (χ0) is 19.9. The molecule has 2 aromatic heterocycles. The fourth-order valence-corrected chi connectivity index (χ4v) is 3.94. The van der Waals surface area contributed by atoms with Crippen LogP contribution >= 0.6 is 11.3 Å². The standard InChI is InChI=1S/C22H25N3O2S/c1-15(2)11-20-25-16(3)21(28-20)22(26)24-13-17-7-6-9-19(12-17)27-14-18-8-4-5-10-23-18/h4-10,12,15H,11,13-14H2,1-3H3,(H,24,26). The summed E-state index contributed by atoms with van der Waals surface area (Å²) in [6.07, 6.45) is 2.65. The van der Waals surface area contributed by atoms with Gasteiger partial charge in [0.1, 0.15) is 17.2 Å². The van der Waals surface area contributed by atoms with Crippen LogP contribution in [-0.4, -0.2) is 15.9 Å². The van der Waals surface area contributed by atoms with Gasteiger partial charge in [0.2, 0.25) is 0 Å². The van der Waals surface area contributed by atoms with Crippen LogP contribution in [0.3, 0.4) is 0 Å². The second-order valence-electron chi connectivity index (χ2n) is 7.06. The molecule has 5 nitrogen and oxygen atoms in total. The van der Waals surface area contributed by atoms with Crippen molar-refractivity contribution in [3.05, 3.63) is 75.5 Å². The van der Waals surface area contributed by atoms with Gasteiger partial charge in [-0.2, -0.15) is 0 Å². The summed E-state index contributed by atoms with van der Waals surface area (Å²) >= 11 is 1.49. The highest BCUT2D eigenvalue weighted by molar-refractivity contribution is 7.13. The molecule has 0 radical (unpaired) electrons. The number of carbonyl (C=O) groups excluding carboxylic acids is 1. The number of pyridine rings is 1. The number of nitrogens with one attached hydrogen (secondary N) is 1. The number of amides is 1. The number of benzene rings is 1. The van der Waals surface area contributed by atoms with Crippen LogP contribution in [0.1, 0.15) is 45.5 Å². The molecule has 1 amide bonds. The third kappa shape index (κ3) is 5.63. The van der Waals surface area contributed by atoms with Gasteiger partial charge in [0.15, 0.2) is 0 Å². The number of nitrogens with zero attached hydrogens (tertiary/aromatic N) is 2. The van der Waals surface area contributed by atoms with Crippen molar-refractivity contribution in [2.75, 3.05) is 0 Å². The van der Waals surface area contributed by atoms with Gasteiger partial charge in [-0.1, -0.05) is 32.0 Å². The van der Waals surface area contributed by atoms with E-state index in [9.17, 15) is 4.79 Å². The molecule has 0 aliphatic rings. The maximum Gasteiger partial charge on any atom is 0.263 e. The molecule has 6 heteroatoms. The number of rotatable bonds is 8. The highest BCUT2D eigenvalue weighted by Crippen LogP contribution is 2.21. The van der Waals surface area contributed by atoms with Crippen molar-refractivity contribution >= 4 is 17.2 Å². The lowest BCUT2D eigenvalue weighted by Crippen LogP contribution is -2.22. The Balaban J connectivity index is 1.57. The Hall–Kier alpha value is -2.73. The van der Waals surface area contributed by atoms with Crippen LogP contribution in [0, 0.1) is 12.8 Å². The summed E-state index contributed by atoms with van der Waals surface area (Å²) < 4.78 is 5.80. The number of ether oxygens (including phenoxy) is 1. The van der Waals surface area contributed by atoms with Gasteiger partial charge >= 0.3 is 0 Å². The second kappa shape index (κ2) is 9.46. The van der Waals surface area contributed by atoms with Gasteiger partial charge in [-0.3, -0.25) is 9.78 Å². The molecular weight excluding hydrogens is 370 g/mol. The molecule has 28 heavy (non-hydrogen) atoms. The second-order valence-corrected chi connectivity index (χ2v) is 8.14. The van der Waals surface area contributed by atoms with E-state index in [0.717, 1.165) is 34.1 Å². The Kier molecular flexibility index (Phi) is 6.76. The Morgan fingerprint density at radius 2 is 2.07 bits per heavy atom. The van der Waals surface area contributed by atoms with Crippen LogP contribution in [-0.2, 0) is 19.6 Å². The average Bonchev–Trinajstić information content (AvgIpc) is 3.05. The van der Waals surface area contributed by atoms with E-state index >= 15 is 0 Å². The maximum absolute atomic E-state index is 12.6. The highest BCUT2D eigenvalue weighted by atomic mass is 32.1. The third-order valence-corrected chi connectivity index (χ3v) is 5.27. The summed E-state index contributed by atoms with van der Waals surface area (Å²) in [5.74, 6) is 1.20. The molecule has 0 aliphatic carbocycles. The Labute approximate surface area is 169 Å². The first-order chi connectivity index (χ1) is 13.5. The molecule has 1 aromatic carbocycles. The molecule has 1 N–H and O–H groups in total. The van der Waals surface area contributed by atoms with E-state index < -0.39 is 0 Å². The number of aryl methyl sites for hydroxylation is 1. The molecule has 0 saturated carbocycles. The van der Waals surface area contributed by atoms with Crippen LogP contribution in [0.15, 0.2) is 48.7 Å². The Morgan fingerprint density at radius 3 is 2.82 bits per heavy atom. The van der Waals surface area contributed by atoms with Gasteiger partial charge in [0.05, 0.1) is 16.4 Å². The van der Waals surface area contributed by atoms with E-state index in [1.165, 1.54) is 11.3 Å². The summed E-state index contributed by atoms with van der Waals surface area (Å²) in [6.45, 7) is 7.05. The van der Waals surface area contributed by atoms with Gasteiger partial charge in [-0.05, 0) is 42.7 Å². The summed E-state index contributed by atoms with van der Waals surface area (Å²) in [4.78, 5) is 22.0. The molecule has 146 valence electrons. The van der Waals surface area contributed by atoms with Gasteiger partial charge in [-0.25, -0.2) is 4.98 Å². The maximum atomic E-state index is 12.6. The molecule has 0 aliphatic heterocycles. The predicted molar refractivity (Wildman–Crippen MR) is 112 cm³/mol. The lowest BCUT2D eigenvalue weighted by Gasteiger charge is -2.09. The van der Waals surface area contributed by atoms with Crippen LogP contribution < -0.4 is 10.1 Å².